The summed E-state index contributed by atoms with van der Waals surface area (Å²) in [4.78, 5) is 49.9. The van der Waals surface area contributed by atoms with Crippen molar-refractivity contribution < 1.29 is 27.6 Å². The smallest absolute Gasteiger partial charge is 0.258 e. The Kier molecular flexibility index (Phi) is 6.56. The number of imide groups is 1. The molecule has 11 heteroatoms. The van der Waals surface area contributed by atoms with Gasteiger partial charge in [0.1, 0.15) is 6.54 Å². The third-order valence-electron chi connectivity index (χ3n) is 5.34. The monoisotopic (exact) mass is 448 g/mol. The highest BCUT2D eigenvalue weighted by Crippen LogP contribution is 2.34. The van der Waals surface area contributed by atoms with Gasteiger partial charge in [0.15, 0.2) is 0 Å². The molecule has 0 aromatic heterocycles. The summed E-state index contributed by atoms with van der Waals surface area (Å²) in [5.74, 6) is -3.22. The zero-order valence-electron chi connectivity index (χ0n) is 17.2. The highest BCUT2D eigenvalue weighted by molar-refractivity contribution is 7.89. The van der Waals surface area contributed by atoms with E-state index in [1.165, 1.54) is 19.2 Å². The number of benzene rings is 1. The number of sulfonamides is 1. The van der Waals surface area contributed by atoms with Crippen LogP contribution in [0.3, 0.4) is 0 Å². The fourth-order valence-corrected chi connectivity index (χ4v) is 4.69. The number of allylic oxidation sites excluding steroid dienone is 2. The van der Waals surface area contributed by atoms with Crippen molar-refractivity contribution >= 4 is 33.7 Å². The predicted octanol–water partition coefficient (Wildman–Crippen LogP) is -0.286. The number of hydrogen-bond acceptors (Lipinski definition) is 6. The molecule has 1 fully saturated rings. The van der Waals surface area contributed by atoms with Gasteiger partial charge in [-0.25, -0.2) is 8.42 Å². The Bertz CT molecular complexity index is 1010. The van der Waals surface area contributed by atoms with Crippen LogP contribution in [0.2, 0.25) is 0 Å². The van der Waals surface area contributed by atoms with Gasteiger partial charge in [-0.15, -0.1) is 0 Å². The zero-order valence-corrected chi connectivity index (χ0v) is 18.0. The summed E-state index contributed by atoms with van der Waals surface area (Å²) < 4.78 is 25.9. The summed E-state index contributed by atoms with van der Waals surface area (Å²) in [6.07, 6.45) is 4.62. The minimum Gasteiger partial charge on any atom is -0.274 e. The van der Waals surface area contributed by atoms with Crippen molar-refractivity contribution in [3.63, 3.8) is 0 Å². The van der Waals surface area contributed by atoms with Gasteiger partial charge in [-0.2, -0.15) is 4.31 Å². The Morgan fingerprint density at radius 1 is 1.00 bits per heavy atom. The highest BCUT2D eigenvalue weighted by atomic mass is 32.2. The molecule has 2 atom stereocenters. The molecule has 10 nitrogen and oxygen atoms in total. The van der Waals surface area contributed by atoms with Crippen LogP contribution in [-0.4, -0.2) is 61.4 Å². The topological polar surface area (TPSA) is 133 Å². The molecule has 0 spiro atoms. The van der Waals surface area contributed by atoms with E-state index in [-0.39, 0.29) is 4.90 Å². The van der Waals surface area contributed by atoms with Crippen molar-refractivity contribution in [1.29, 1.82) is 0 Å². The van der Waals surface area contributed by atoms with E-state index in [9.17, 15) is 27.6 Å². The van der Waals surface area contributed by atoms with Crippen LogP contribution in [0.15, 0.2) is 41.3 Å². The number of hydrogen-bond donors (Lipinski definition) is 2. The minimum absolute atomic E-state index is 0.0412. The van der Waals surface area contributed by atoms with Crippen LogP contribution in [0, 0.1) is 18.8 Å². The number of likely N-dealkylation sites (N-methyl/N-ethyl adjacent to an activating group) is 1. The minimum atomic E-state index is -3.88. The summed E-state index contributed by atoms with van der Waals surface area (Å²) in [6, 6.07) is 6.18. The van der Waals surface area contributed by atoms with Crippen LogP contribution < -0.4 is 10.9 Å². The Hall–Kier alpha value is -3.05. The molecular weight excluding hydrogens is 424 g/mol. The summed E-state index contributed by atoms with van der Waals surface area (Å²) in [7, 11) is -2.63. The number of carbonyl (C=O) groups is 4. The molecule has 0 saturated carbocycles. The highest BCUT2D eigenvalue weighted by Gasteiger charge is 2.47. The second-order valence-corrected chi connectivity index (χ2v) is 9.63. The average Bonchev–Trinajstić information content (AvgIpc) is 2.97. The maximum atomic E-state index is 12.5. The van der Waals surface area contributed by atoms with Gasteiger partial charge >= 0.3 is 0 Å². The maximum absolute atomic E-state index is 12.5. The molecule has 0 bridgehead atoms. The SMILES string of the molecule is Cc1ccc(S(=O)(=O)N(C)CC(=O)NNC(=O)CN2C(=O)C3CC=CCC3C2=O)cc1. The molecular formula is C20H24N4O6S. The Balaban J connectivity index is 1.50. The maximum Gasteiger partial charge on any atom is 0.258 e. The fraction of sp³-hybridized carbons (Fsp3) is 0.400. The lowest BCUT2D eigenvalue weighted by Crippen LogP contribution is -2.50. The fourth-order valence-electron chi connectivity index (χ4n) is 3.56. The van der Waals surface area contributed by atoms with Crippen LogP contribution in [0.4, 0.5) is 0 Å². The number of carbonyl (C=O) groups excluding carboxylic acids is 4. The van der Waals surface area contributed by atoms with Gasteiger partial charge in [0.2, 0.25) is 21.8 Å². The van der Waals surface area contributed by atoms with E-state index < -0.39 is 58.6 Å². The van der Waals surface area contributed by atoms with Crippen LogP contribution in [-0.2, 0) is 29.2 Å². The Labute approximate surface area is 180 Å². The molecule has 166 valence electrons. The first-order chi connectivity index (χ1) is 14.6. The van der Waals surface area contributed by atoms with Crippen molar-refractivity contribution in [3.05, 3.63) is 42.0 Å². The van der Waals surface area contributed by atoms with E-state index in [0.717, 1.165) is 14.8 Å². The van der Waals surface area contributed by atoms with Gasteiger partial charge in [-0.1, -0.05) is 29.8 Å². The number of hydrazine groups is 1. The van der Waals surface area contributed by atoms with Crippen molar-refractivity contribution in [1.82, 2.24) is 20.1 Å². The Morgan fingerprint density at radius 2 is 1.52 bits per heavy atom. The largest absolute Gasteiger partial charge is 0.274 e. The molecule has 4 amide bonds. The normalized spacial score (nSPS) is 20.7. The molecule has 1 aliphatic carbocycles. The molecule has 2 unspecified atom stereocenters. The van der Waals surface area contributed by atoms with Crippen molar-refractivity contribution in [2.75, 3.05) is 20.1 Å². The van der Waals surface area contributed by atoms with Gasteiger partial charge in [0, 0.05) is 7.05 Å². The second-order valence-electron chi connectivity index (χ2n) is 7.59. The van der Waals surface area contributed by atoms with Gasteiger partial charge in [0.05, 0.1) is 23.3 Å². The van der Waals surface area contributed by atoms with Crippen molar-refractivity contribution in [2.45, 2.75) is 24.7 Å². The first-order valence-electron chi connectivity index (χ1n) is 9.72. The molecule has 1 saturated heterocycles. The number of nitrogens with one attached hydrogen (secondary N) is 2. The quantitative estimate of drug-likeness (QED) is 0.349. The number of likely N-dealkylation sites (tertiary alicyclic amines) is 1. The number of amides is 4. The molecule has 1 aromatic carbocycles. The molecule has 31 heavy (non-hydrogen) atoms. The summed E-state index contributed by atoms with van der Waals surface area (Å²) in [6.45, 7) is 0.778. The van der Waals surface area contributed by atoms with E-state index in [0.29, 0.717) is 12.8 Å². The predicted molar refractivity (Wildman–Crippen MR) is 109 cm³/mol. The molecule has 0 radical (unpaired) electrons. The van der Waals surface area contributed by atoms with Crippen molar-refractivity contribution in [3.8, 4) is 0 Å². The van der Waals surface area contributed by atoms with Gasteiger partial charge < -0.3 is 0 Å². The van der Waals surface area contributed by atoms with E-state index in [4.69, 9.17) is 0 Å². The summed E-state index contributed by atoms with van der Waals surface area (Å²) in [5, 5.41) is 0. The molecule has 1 heterocycles. The van der Waals surface area contributed by atoms with E-state index in [2.05, 4.69) is 10.9 Å². The summed E-state index contributed by atoms with van der Waals surface area (Å²) in [5.41, 5.74) is 5.12. The average molecular weight is 449 g/mol. The molecule has 1 aromatic rings. The second kappa shape index (κ2) is 8.98. The lowest BCUT2D eigenvalue weighted by Gasteiger charge is -2.18. The van der Waals surface area contributed by atoms with E-state index in [1.54, 1.807) is 12.1 Å². The number of fused-ring (bicyclic) bond motifs is 1. The standard InChI is InChI=1S/C20H24N4O6S/c1-13-7-9-14(10-8-13)31(29,30)23(2)11-17(25)21-22-18(26)12-24-19(27)15-5-3-4-6-16(15)20(24)28/h3-4,7-10,15-16H,5-6,11-12H2,1-2H3,(H,21,25)(H,22,26). The van der Waals surface area contributed by atoms with Crippen molar-refractivity contribution in [2.24, 2.45) is 11.8 Å². The Morgan fingerprint density at radius 3 is 2.06 bits per heavy atom. The number of aryl methyl sites for hydroxylation is 1. The summed E-state index contributed by atoms with van der Waals surface area (Å²) >= 11 is 0. The lowest BCUT2D eigenvalue weighted by atomic mass is 9.85. The van der Waals surface area contributed by atoms with E-state index in [1.807, 2.05) is 19.1 Å². The first kappa shape index (κ1) is 22.6. The van der Waals surface area contributed by atoms with Crippen LogP contribution in [0.1, 0.15) is 18.4 Å². The molecule has 3 rings (SSSR count). The van der Waals surface area contributed by atoms with Gasteiger partial charge in [-0.3, -0.25) is 34.9 Å². The van der Waals surface area contributed by atoms with Crippen LogP contribution >= 0.6 is 0 Å². The zero-order chi connectivity index (χ0) is 22.8. The van der Waals surface area contributed by atoms with E-state index >= 15 is 0 Å². The molecule has 1 aliphatic heterocycles. The van der Waals surface area contributed by atoms with Crippen LogP contribution in [0.25, 0.3) is 0 Å². The lowest BCUT2D eigenvalue weighted by molar-refractivity contribution is -0.144. The molecule has 2 aliphatic rings. The van der Waals surface area contributed by atoms with Gasteiger partial charge in [-0.05, 0) is 31.9 Å². The first-order valence-corrected chi connectivity index (χ1v) is 11.2. The third kappa shape index (κ3) is 4.83. The van der Waals surface area contributed by atoms with Gasteiger partial charge in [0.25, 0.3) is 11.8 Å². The molecule has 2 N–H and O–H groups in total. The number of rotatable bonds is 6. The third-order valence-corrected chi connectivity index (χ3v) is 7.15. The van der Waals surface area contributed by atoms with Crippen LogP contribution in [0.5, 0.6) is 0 Å². The number of nitrogens with zero attached hydrogens (tertiary/aromatic N) is 2.